The molecular formula is C14H21N3OS. The van der Waals surface area contributed by atoms with Crippen LogP contribution in [0.1, 0.15) is 12.8 Å². The highest BCUT2D eigenvalue weighted by Gasteiger charge is 2.10. The Morgan fingerprint density at radius 2 is 1.95 bits per heavy atom. The zero-order valence-electron chi connectivity index (χ0n) is 11.1. The number of anilines is 2. The molecule has 2 rings (SSSR count). The Bertz CT molecular complexity index is 402. The molecular weight excluding hydrogens is 258 g/mol. The highest BCUT2D eigenvalue weighted by molar-refractivity contribution is 7.99. The third kappa shape index (κ3) is 5.12. The van der Waals surface area contributed by atoms with E-state index in [0.717, 1.165) is 31.7 Å². The molecule has 0 unspecified atom stereocenters. The predicted molar refractivity (Wildman–Crippen MR) is 82.5 cm³/mol. The highest BCUT2D eigenvalue weighted by Crippen LogP contribution is 2.12. The Morgan fingerprint density at radius 3 is 2.63 bits per heavy atom. The minimum absolute atomic E-state index is 0.0798. The average Bonchev–Trinajstić information content (AvgIpc) is 2.43. The number of nitrogens with two attached hydrogens (primary N) is 1. The van der Waals surface area contributed by atoms with E-state index >= 15 is 0 Å². The fraction of sp³-hybridized carbons (Fsp3) is 0.500. The van der Waals surface area contributed by atoms with E-state index in [-0.39, 0.29) is 5.91 Å². The first kappa shape index (κ1) is 14.2. The lowest BCUT2D eigenvalue weighted by Crippen LogP contribution is -2.33. The van der Waals surface area contributed by atoms with Crippen molar-refractivity contribution in [3.8, 4) is 0 Å². The second kappa shape index (κ2) is 7.40. The largest absolute Gasteiger partial charge is 0.399 e. The van der Waals surface area contributed by atoms with E-state index in [4.69, 9.17) is 5.73 Å². The number of nitrogens with zero attached hydrogens (tertiary/aromatic N) is 1. The van der Waals surface area contributed by atoms with Crippen molar-refractivity contribution in [3.63, 3.8) is 0 Å². The third-order valence-corrected chi connectivity index (χ3v) is 4.12. The number of benzene rings is 1. The number of carbonyl (C=O) groups is 1. The number of carbonyl (C=O) groups excluding carboxylic acids is 1. The summed E-state index contributed by atoms with van der Waals surface area (Å²) in [5.74, 6) is 2.52. The topological polar surface area (TPSA) is 58.4 Å². The van der Waals surface area contributed by atoms with Crippen molar-refractivity contribution < 1.29 is 4.79 Å². The van der Waals surface area contributed by atoms with Crippen LogP contribution in [0, 0.1) is 0 Å². The molecule has 1 aliphatic heterocycles. The van der Waals surface area contributed by atoms with E-state index in [1.807, 2.05) is 23.9 Å². The van der Waals surface area contributed by atoms with Gasteiger partial charge in [0.15, 0.2) is 0 Å². The summed E-state index contributed by atoms with van der Waals surface area (Å²) in [4.78, 5) is 14.2. The predicted octanol–water partition coefficient (Wildman–Crippen LogP) is 2.04. The van der Waals surface area contributed by atoms with E-state index in [2.05, 4.69) is 10.2 Å². The molecule has 0 bridgehead atoms. The molecule has 4 nitrogen and oxygen atoms in total. The number of hydrogen-bond donors (Lipinski definition) is 2. The lowest BCUT2D eigenvalue weighted by atomic mass is 10.2. The molecule has 0 radical (unpaired) electrons. The molecule has 1 heterocycles. The summed E-state index contributed by atoms with van der Waals surface area (Å²) < 4.78 is 0. The fourth-order valence-electron chi connectivity index (χ4n) is 2.08. The standard InChI is InChI=1S/C14H21N3OS/c15-12-3-5-13(6-4-12)16-14(18)2-1-7-17-8-10-19-11-9-17/h3-6H,1-2,7-11,15H2,(H,16,18). The van der Waals surface area contributed by atoms with Gasteiger partial charge in [-0.2, -0.15) is 11.8 Å². The molecule has 19 heavy (non-hydrogen) atoms. The molecule has 0 spiro atoms. The van der Waals surface area contributed by atoms with Gasteiger partial charge in [-0.25, -0.2) is 0 Å². The summed E-state index contributed by atoms with van der Waals surface area (Å²) in [7, 11) is 0. The van der Waals surface area contributed by atoms with E-state index in [1.54, 1.807) is 12.1 Å². The zero-order chi connectivity index (χ0) is 13.5. The molecule has 0 aliphatic carbocycles. The van der Waals surface area contributed by atoms with Crippen molar-refractivity contribution in [2.45, 2.75) is 12.8 Å². The van der Waals surface area contributed by atoms with Gasteiger partial charge in [0, 0.05) is 42.4 Å². The molecule has 104 valence electrons. The van der Waals surface area contributed by atoms with Crippen LogP contribution in [0.4, 0.5) is 11.4 Å². The van der Waals surface area contributed by atoms with Crippen LogP contribution in [0.5, 0.6) is 0 Å². The molecule has 1 saturated heterocycles. The fourth-order valence-corrected chi connectivity index (χ4v) is 3.06. The maximum Gasteiger partial charge on any atom is 0.224 e. The zero-order valence-corrected chi connectivity index (χ0v) is 11.9. The third-order valence-electron chi connectivity index (χ3n) is 3.18. The molecule has 1 fully saturated rings. The summed E-state index contributed by atoms with van der Waals surface area (Å²) in [6, 6.07) is 7.24. The van der Waals surface area contributed by atoms with Gasteiger partial charge in [-0.1, -0.05) is 0 Å². The quantitative estimate of drug-likeness (QED) is 0.810. The first-order valence-electron chi connectivity index (χ1n) is 6.69. The van der Waals surface area contributed by atoms with Crippen molar-refractivity contribution in [2.75, 3.05) is 42.2 Å². The van der Waals surface area contributed by atoms with E-state index in [9.17, 15) is 4.79 Å². The molecule has 1 aromatic rings. The normalized spacial score (nSPS) is 16.2. The SMILES string of the molecule is Nc1ccc(NC(=O)CCCN2CCSCC2)cc1. The lowest BCUT2D eigenvalue weighted by Gasteiger charge is -2.25. The minimum atomic E-state index is 0.0798. The van der Waals surface area contributed by atoms with Crippen LogP contribution in [0.15, 0.2) is 24.3 Å². The van der Waals surface area contributed by atoms with Crippen molar-refractivity contribution in [2.24, 2.45) is 0 Å². The van der Waals surface area contributed by atoms with Gasteiger partial charge >= 0.3 is 0 Å². The van der Waals surface area contributed by atoms with E-state index in [0.29, 0.717) is 12.1 Å². The lowest BCUT2D eigenvalue weighted by molar-refractivity contribution is -0.116. The number of amides is 1. The van der Waals surface area contributed by atoms with Gasteiger partial charge in [0.25, 0.3) is 0 Å². The number of nitrogens with one attached hydrogen (secondary N) is 1. The Labute approximate surface area is 118 Å². The van der Waals surface area contributed by atoms with E-state index < -0.39 is 0 Å². The summed E-state index contributed by atoms with van der Waals surface area (Å²) in [6.07, 6.45) is 1.50. The summed E-state index contributed by atoms with van der Waals surface area (Å²) in [5.41, 5.74) is 7.12. The van der Waals surface area contributed by atoms with Crippen LogP contribution in [-0.4, -0.2) is 41.9 Å². The number of hydrogen-bond acceptors (Lipinski definition) is 4. The molecule has 1 aromatic carbocycles. The molecule has 1 amide bonds. The van der Waals surface area contributed by atoms with Crippen molar-refractivity contribution in [3.05, 3.63) is 24.3 Å². The Morgan fingerprint density at radius 1 is 1.26 bits per heavy atom. The Hall–Kier alpha value is -1.20. The van der Waals surface area contributed by atoms with Crippen LogP contribution in [0.3, 0.4) is 0 Å². The number of thioether (sulfide) groups is 1. The van der Waals surface area contributed by atoms with Gasteiger partial charge < -0.3 is 16.0 Å². The summed E-state index contributed by atoms with van der Waals surface area (Å²) in [5, 5.41) is 2.89. The average molecular weight is 279 g/mol. The second-order valence-corrected chi connectivity index (χ2v) is 5.95. The molecule has 3 N–H and O–H groups in total. The Kier molecular flexibility index (Phi) is 5.54. The van der Waals surface area contributed by atoms with Crippen LogP contribution in [0.25, 0.3) is 0 Å². The number of nitrogen functional groups attached to an aromatic ring is 1. The molecule has 5 heteroatoms. The van der Waals surface area contributed by atoms with Gasteiger partial charge in [0.1, 0.15) is 0 Å². The maximum absolute atomic E-state index is 11.8. The molecule has 0 atom stereocenters. The van der Waals surface area contributed by atoms with Crippen LogP contribution in [0.2, 0.25) is 0 Å². The molecule has 0 saturated carbocycles. The van der Waals surface area contributed by atoms with Crippen molar-refractivity contribution in [1.82, 2.24) is 4.90 Å². The van der Waals surface area contributed by atoms with Gasteiger partial charge in [0.05, 0.1) is 0 Å². The minimum Gasteiger partial charge on any atom is -0.399 e. The van der Waals surface area contributed by atoms with E-state index in [1.165, 1.54) is 11.5 Å². The van der Waals surface area contributed by atoms with Crippen LogP contribution in [-0.2, 0) is 4.79 Å². The molecule has 0 aromatic heterocycles. The van der Waals surface area contributed by atoms with Crippen molar-refractivity contribution in [1.29, 1.82) is 0 Å². The summed E-state index contributed by atoms with van der Waals surface area (Å²) >= 11 is 2.01. The van der Waals surface area contributed by atoms with Crippen molar-refractivity contribution >= 4 is 29.0 Å². The monoisotopic (exact) mass is 279 g/mol. The summed E-state index contributed by atoms with van der Waals surface area (Å²) in [6.45, 7) is 3.34. The smallest absolute Gasteiger partial charge is 0.224 e. The van der Waals surface area contributed by atoms with Crippen LogP contribution >= 0.6 is 11.8 Å². The first-order chi connectivity index (χ1) is 9.24. The van der Waals surface area contributed by atoms with Crippen LogP contribution < -0.4 is 11.1 Å². The Balaban J connectivity index is 1.65. The van der Waals surface area contributed by atoms with Gasteiger partial charge in [-0.15, -0.1) is 0 Å². The van der Waals surface area contributed by atoms with Gasteiger partial charge in [-0.05, 0) is 37.2 Å². The number of rotatable bonds is 5. The second-order valence-electron chi connectivity index (χ2n) is 4.73. The highest BCUT2D eigenvalue weighted by atomic mass is 32.2. The van der Waals surface area contributed by atoms with Gasteiger partial charge in [-0.3, -0.25) is 4.79 Å². The maximum atomic E-state index is 11.8. The van der Waals surface area contributed by atoms with Gasteiger partial charge in [0.2, 0.25) is 5.91 Å². The first-order valence-corrected chi connectivity index (χ1v) is 7.85. The molecule has 1 aliphatic rings.